The number of halogens is 2. The SMILES string of the molecule is CCCCC(C)Nc1nc(NCC)c(F)cc1F. The lowest BCUT2D eigenvalue weighted by molar-refractivity contribution is 0.571. The van der Waals surface area contributed by atoms with E-state index < -0.39 is 11.6 Å². The highest BCUT2D eigenvalue weighted by atomic mass is 19.1. The molecule has 1 atom stereocenters. The maximum absolute atomic E-state index is 13.6. The summed E-state index contributed by atoms with van der Waals surface area (Å²) in [6.07, 6.45) is 3.09. The highest BCUT2D eigenvalue weighted by Crippen LogP contribution is 2.20. The first-order chi connectivity index (χ1) is 8.58. The number of hydrogen-bond acceptors (Lipinski definition) is 3. The maximum Gasteiger partial charge on any atom is 0.168 e. The van der Waals surface area contributed by atoms with E-state index in [4.69, 9.17) is 0 Å². The smallest absolute Gasteiger partial charge is 0.168 e. The second kappa shape index (κ2) is 7.13. The Kier molecular flexibility index (Phi) is 5.82. The topological polar surface area (TPSA) is 37.0 Å². The Balaban J connectivity index is 2.78. The number of nitrogens with one attached hydrogen (secondary N) is 2. The van der Waals surface area contributed by atoms with Gasteiger partial charge in [-0.3, -0.25) is 0 Å². The van der Waals surface area contributed by atoms with Crippen LogP contribution in [-0.4, -0.2) is 17.6 Å². The molecule has 0 fully saturated rings. The molecular formula is C13H21F2N3. The van der Waals surface area contributed by atoms with Gasteiger partial charge in [-0.15, -0.1) is 0 Å². The van der Waals surface area contributed by atoms with Gasteiger partial charge >= 0.3 is 0 Å². The molecule has 3 nitrogen and oxygen atoms in total. The molecule has 0 saturated carbocycles. The van der Waals surface area contributed by atoms with Crippen molar-refractivity contribution in [2.45, 2.75) is 46.1 Å². The lowest BCUT2D eigenvalue weighted by atomic mass is 10.1. The molecule has 5 heteroatoms. The second-order valence-electron chi connectivity index (χ2n) is 4.37. The normalized spacial score (nSPS) is 12.3. The van der Waals surface area contributed by atoms with Gasteiger partial charge in [-0.1, -0.05) is 19.8 Å². The van der Waals surface area contributed by atoms with Gasteiger partial charge in [0.15, 0.2) is 23.3 Å². The van der Waals surface area contributed by atoms with Crippen LogP contribution in [0.1, 0.15) is 40.0 Å². The molecule has 102 valence electrons. The number of pyridine rings is 1. The number of rotatable bonds is 7. The molecule has 0 spiro atoms. The van der Waals surface area contributed by atoms with Crippen LogP contribution in [0.3, 0.4) is 0 Å². The number of hydrogen-bond donors (Lipinski definition) is 2. The Morgan fingerprint density at radius 2 is 1.89 bits per heavy atom. The molecule has 0 radical (unpaired) electrons. The van der Waals surface area contributed by atoms with Crippen LogP contribution < -0.4 is 10.6 Å². The molecule has 1 aromatic rings. The summed E-state index contributed by atoms with van der Waals surface area (Å²) in [5.74, 6) is -1.13. The van der Waals surface area contributed by atoms with Crippen LogP contribution in [-0.2, 0) is 0 Å². The lowest BCUT2D eigenvalue weighted by Gasteiger charge is -2.15. The highest BCUT2D eigenvalue weighted by molar-refractivity contribution is 5.47. The van der Waals surface area contributed by atoms with Crippen molar-refractivity contribution in [3.63, 3.8) is 0 Å². The van der Waals surface area contributed by atoms with E-state index in [9.17, 15) is 8.78 Å². The van der Waals surface area contributed by atoms with Gasteiger partial charge in [0.1, 0.15) is 0 Å². The van der Waals surface area contributed by atoms with Crippen LogP contribution in [0.4, 0.5) is 20.4 Å². The minimum atomic E-state index is -0.666. The predicted molar refractivity (Wildman–Crippen MR) is 70.9 cm³/mol. The summed E-state index contributed by atoms with van der Waals surface area (Å²) in [5, 5.41) is 5.75. The monoisotopic (exact) mass is 257 g/mol. The number of aromatic nitrogens is 1. The Morgan fingerprint density at radius 1 is 1.22 bits per heavy atom. The van der Waals surface area contributed by atoms with Gasteiger partial charge in [0.25, 0.3) is 0 Å². The minimum Gasteiger partial charge on any atom is -0.368 e. The molecule has 1 aromatic heterocycles. The summed E-state index contributed by atoms with van der Waals surface area (Å²) in [6.45, 7) is 6.45. The standard InChI is InChI=1S/C13H21F2N3/c1-4-6-7-9(3)17-13-11(15)8-10(14)12(18-13)16-5-2/h8-9H,4-7H2,1-3H3,(H2,16,17,18). The Hall–Kier alpha value is -1.39. The maximum atomic E-state index is 13.6. The van der Waals surface area contributed by atoms with Crippen LogP contribution in [0.15, 0.2) is 6.07 Å². The average molecular weight is 257 g/mol. The summed E-state index contributed by atoms with van der Waals surface area (Å²) < 4.78 is 26.9. The molecule has 1 rings (SSSR count). The van der Waals surface area contributed by atoms with E-state index in [0.29, 0.717) is 6.54 Å². The summed E-state index contributed by atoms with van der Waals surface area (Å²) >= 11 is 0. The molecule has 1 unspecified atom stereocenters. The third-order valence-electron chi connectivity index (χ3n) is 2.65. The van der Waals surface area contributed by atoms with Crippen molar-refractivity contribution in [2.24, 2.45) is 0 Å². The Morgan fingerprint density at radius 3 is 2.50 bits per heavy atom. The fourth-order valence-electron chi connectivity index (χ4n) is 1.68. The van der Waals surface area contributed by atoms with E-state index in [-0.39, 0.29) is 17.7 Å². The number of nitrogens with zero attached hydrogens (tertiary/aromatic N) is 1. The zero-order valence-corrected chi connectivity index (χ0v) is 11.2. The van der Waals surface area contributed by atoms with E-state index in [1.165, 1.54) is 0 Å². The van der Waals surface area contributed by atoms with Crippen molar-refractivity contribution in [2.75, 3.05) is 17.2 Å². The van der Waals surface area contributed by atoms with Crippen LogP contribution in [0.25, 0.3) is 0 Å². The van der Waals surface area contributed by atoms with Gasteiger partial charge in [0, 0.05) is 18.7 Å². The summed E-state index contributed by atoms with van der Waals surface area (Å²) in [4.78, 5) is 3.94. The summed E-state index contributed by atoms with van der Waals surface area (Å²) in [7, 11) is 0. The average Bonchev–Trinajstić information content (AvgIpc) is 2.33. The zero-order valence-electron chi connectivity index (χ0n) is 11.2. The number of unbranched alkanes of at least 4 members (excludes halogenated alkanes) is 1. The van der Waals surface area contributed by atoms with Crippen molar-refractivity contribution < 1.29 is 8.78 Å². The first kappa shape index (κ1) is 14.7. The molecule has 0 aromatic carbocycles. The van der Waals surface area contributed by atoms with Crippen LogP contribution in [0.2, 0.25) is 0 Å². The third kappa shape index (κ3) is 4.13. The van der Waals surface area contributed by atoms with E-state index in [1.807, 2.05) is 13.8 Å². The van der Waals surface area contributed by atoms with Crippen molar-refractivity contribution in [3.8, 4) is 0 Å². The fraction of sp³-hybridized carbons (Fsp3) is 0.615. The first-order valence-electron chi connectivity index (χ1n) is 6.44. The first-order valence-corrected chi connectivity index (χ1v) is 6.44. The van der Waals surface area contributed by atoms with E-state index in [0.717, 1.165) is 25.3 Å². The molecule has 0 aliphatic carbocycles. The van der Waals surface area contributed by atoms with Gasteiger partial charge in [-0.05, 0) is 20.3 Å². The van der Waals surface area contributed by atoms with Crippen molar-refractivity contribution >= 4 is 11.6 Å². The predicted octanol–water partition coefficient (Wildman–Crippen LogP) is 3.78. The molecule has 0 aliphatic rings. The van der Waals surface area contributed by atoms with Gasteiger partial charge in [0.2, 0.25) is 0 Å². The Bertz CT molecular complexity index is 383. The molecular weight excluding hydrogens is 236 g/mol. The summed E-state index contributed by atoms with van der Waals surface area (Å²) in [5.41, 5.74) is 0. The molecule has 0 amide bonds. The fourth-order valence-corrected chi connectivity index (χ4v) is 1.68. The molecule has 0 bridgehead atoms. The molecule has 1 heterocycles. The van der Waals surface area contributed by atoms with Gasteiger partial charge in [-0.2, -0.15) is 0 Å². The second-order valence-corrected chi connectivity index (χ2v) is 4.37. The van der Waals surface area contributed by atoms with Gasteiger partial charge < -0.3 is 10.6 Å². The Labute approximate surface area is 107 Å². The minimum absolute atomic E-state index is 0.0871. The van der Waals surface area contributed by atoms with E-state index in [2.05, 4.69) is 22.5 Å². The third-order valence-corrected chi connectivity index (χ3v) is 2.65. The van der Waals surface area contributed by atoms with Gasteiger partial charge in [0.05, 0.1) is 0 Å². The van der Waals surface area contributed by atoms with Crippen molar-refractivity contribution in [1.29, 1.82) is 0 Å². The van der Waals surface area contributed by atoms with Gasteiger partial charge in [-0.25, -0.2) is 13.8 Å². The molecule has 18 heavy (non-hydrogen) atoms. The quantitative estimate of drug-likeness (QED) is 0.780. The van der Waals surface area contributed by atoms with Crippen molar-refractivity contribution in [1.82, 2.24) is 4.98 Å². The highest BCUT2D eigenvalue weighted by Gasteiger charge is 2.13. The van der Waals surface area contributed by atoms with Crippen molar-refractivity contribution in [3.05, 3.63) is 17.7 Å². The number of anilines is 2. The van der Waals surface area contributed by atoms with E-state index >= 15 is 0 Å². The van der Waals surface area contributed by atoms with Crippen LogP contribution in [0, 0.1) is 11.6 Å². The zero-order chi connectivity index (χ0) is 13.5. The van der Waals surface area contributed by atoms with Crippen LogP contribution >= 0.6 is 0 Å². The van der Waals surface area contributed by atoms with Crippen LogP contribution in [0.5, 0.6) is 0 Å². The largest absolute Gasteiger partial charge is 0.368 e. The van der Waals surface area contributed by atoms with E-state index in [1.54, 1.807) is 0 Å². The molecule has 0 aliphatic heterocycles. The lowest BCUT2D eigenvalue weighted by Crippen LogP contribution is -2.18. The molecule has 2 N–H and O–H groups in total. The summed E-state index contributed by atoms with van der Waals surface area (Å²) in [6, 6.07) is 0.978. The molecule has 0 saturated heterocycles.